The Labute approximate surface area is 182 Å². The molecule has 0 heterocycles. The maximum Gasteiger partial charge on any atom is 0.0577 e. The van der Waals surface area contributed by atoms with Crippen molar-refractivity contribution in [1.29, 1.82) is 0 Å². The number of aliphatic hydroxyl groups is 2. The van der Waals surface area contributed by atoms with Gasteiger partial charge in [0.1, 0.15) is 0 Å². The number of aliphatic hydroxyl groups excluding tert-OH is 2. The zero-order valence-electron chi connectivity index (χ0n) is 18.5. The molecule has 0 aliphatic heterocycles. The number of hydrogen-bond donors (Lipinski definition) is 3. The summed E-state index contributed by atoms with van der Waals surface area (Å²) in [6, 6.07) is 0. The minimum Gasteiger partial charge on any atom is -0.395 e. The molecule has 3 nitrogen and oxygen atoms in total. The summed E-state index contributed by atoms with van der Waals surface area (Å²) in [7, 11) is 0. The van der Waals surface area contributed by atoms with Crippen LogP contribution in [0.5, 0.6) is 0 Å². The molecule has 0 aromatic rings. The van der Waals surface area contributed by atoms with Crippen LogP contribution in [0.1, 0.15) is 90.4 Å². The zero-order chi connectivity index (χ0) is 20.5. The van der Waals surface area contributed by atoms with Crippen LogP contribution in [0.25, 0.3) is 0 Å². The number of fused-ring (bicyclic) bond motifs is 1. The number of nitrogens with one attached hydrogen (secondary N) is 1. The smallest absolute Gasteiger partial charge is 0.0577 e. The first-order chi connectivity index (χ1) is 14.1. The van der Waals surface area contributed by atoms with E-state index in [0.717, 1.165) is 43.4 Å². The first kappa shape index (κ1) is 23.4. The Morgan fingerprint density at radius 2 is 2.00 bits per heavy atom. The van der Waals surface area contributed by atoms with Gasteiger partial charge < -0.3 is 10.2 Å². The van der Waals surface area contributed by atoms with Crippen LogP contribution >= 0.6 is 11.9 Å². The summed E-state index contributed by atoms with van der Waals surface area (Å²) in [4.78, 5) is 0. The van der Waals surface area contributed by atoms with E-state index in [4.69, 9.17) is 5.11 Å². The Morgan fingerprint density at radius 1 is 1.10 bits per heavy atom. The van der Waals surface area contributed by atoms with Gasteiger partial charge in [-0.2, -0.15) is 0 Å². The summed E-state index contributed by atoms with van der Waals surface area (Å²) in [6.45, 7) is 3.91. The molecule has 4 atom stereocenters. The van der Waals surface area contributed by atoms with E-state index in [1.807, 2.05) is 0 Å². The van der Waals surface area contributed by atoms with Crippen LogP contribution < -0.4 is 4.72 Å². The maximum absolute atomic E-state index is 9.94. The van der Waals surface area contributed by atoms with E-state index in [-0.39, 0.29) is 12.7 Å². The Morgan fingerprint density at radius 3 is 2.83 bits per heavy atom. The van der Waals surface area contributed by atoms with Gasteiger partial charge in [0.2, 0.25) is 0 Å². The zero-order valence-corrected chi connectivity index (χ0v) is 19.3. The van der Waals surface area contributed by atoms with E-state index in [0.29, 0.717) is 5.41 Å². The molecule has 3 aliphatic carbocycles. The summed E-state index contributed by atoms with van der Waals surface area (Å²) >= 11 is 1.64. The molecule has 0 aromatic carbocycles. The number of rotatable bonds is 10. The molecule has 0 saturated heterocycles. The predicted octanol–water partition coefficient (Wildman–Crippen LogP) is 5.78. The lowest BCUT2D eigenvalue weighted by molar-refractivity contribution is 0.127. The first-order valence-electron chi connectivity index (χ1n) is 12.2. The van der Waals surface area contributed by atoms with E-state index in [9.17, 15) is 5.11 Å². The van der Waals surface area contributed by atoms with Crippen LogP contribution in [0.2, 0.25) is 0 Å². The summed E-state index contributed by atoms with van der Waals surface area (Å²) in [6.07, 6.45) is 21.1. The third-order valence-electron chi connectivity index (χ3n) is 7.85. The van der Waals surface area contributed by atoms with Crippen LogP contribution in [0.3, 0.4) is 0 Å². The lowest BCUT2D eigenvalue weighted by atomic mass is 9.62. The lowest BCUT2D eigenvalue weighted by Crippen LogP contribution is -2.33. The topological polar surface area (TPSA) is 52.5 Å². The van der Waals surface area contributed by atoms with Gasteiger partial charge in [0.25, 0.3) is 0 Å². The summed E-state index contributed by atoms with van der Waals surface area (Å²) in [5.41, 5.74) is 3.69. The normalized spacial score (nSPS) is 35.3. The third kappa shape index (κ3) is 6.59. The molecule has 166 valence electrons. The van der Waals surface area contributed by atoms with Gasteiger partial charge in [0.05, 0.1) is 12.7 Å². The SMILES string of the molecule is CC12CCC/C(=C\C=C3\CCCC(O)C3)C1CCC2CCCCCNSCCO. The molecule has 0 radical (unpaired) electrons. The maximum atomic E-state index is 9.94. The van der Waals surface area contributed by atoms with Crippen LogP contribution in [-0.2, 0) is 0 Å². The minimum atomic E-state index is -0.107. The standard InChI is InChI=1S/C25H43NO2S/c1-25-15-6-8-21(12-11-20-7-5-10-23(28)19-20)24(25)14-13-22(25)9-3-2-4-16-26-29-18-17-27/h11-12,22-24,26-28H,2-10,13-19H2,1H3/b20-11-,21-12+. The van der Waals surface area contributed by atoms with Gasteiger partial charge in [-0.3, -0.25) is 4.72 Å². The van der Waals surface area contributed by atoms with Gasteiger partial charge in [-0.1, -0.05) is 55.0 Å². The van der Waals surface area contributed by atoms with Gasteiger partial charge in [0.15, 0.2) is 0 Å². The molecule has 3 saturated carbocycles. The van der Waals surface area contributed by atoms with Crippen LogP contribution in [0.4, 0.5) is 0 Å². The van der Waals surface area contributed by atoms with Crippen LogP contribution in [0, 0.1) is 17.3 Å². The van der Waals surface area contributed by atoms with E-state index in [1.54, 1.807) is 17.5 Å². The molecule has 0 spiro atoms. The van der Waals surface area contributed by atoms with Gasteiger partial charge in [0, 0.05) is 12.3 Å². The highest BCUT2D eigenvalue weighted by molar-refractivity contribution is 7.97. The van der Waals surface area contributed by atoms with Gasteiger partial charge in [-0.15, -0.1) is 0 Å². The predicted molar refractivity (Wildman–Crippen MR) is 125 cm³/mol. The number of hydrogen-bond acceptors (Lipinski definition) is 4. The van der Waals surface area contributed by atoms with Gasteiger partial charge in [-0.05, 0) is 87.9 Å². The van der Waals surface area contributed by atoms with Crippen molar-refractivity contribution < 1.29 is 10.2 Å². The van der Waals surface area contributed by atoms with Crippen LogP contribution in [-0.4, -0.2) is 35.2 Å². The van der Waals surface area contributed by atoms with Crippen molar-refractivity contribution in [1.82, 2.24) is 4.72 Å². The van der Waals surface area contributed by atoms with Crippen LogP contribution in [0.15, 0.2) is 23.3 Å². The van der Waals surface area contributed by atoms with Crippen molar-refractivity contribution >= 4 is 11.9 Å². The number of allylic oxidation sites excluding steroid dienone is 3. The van der Waals surface area contributed by atoms with Gasteiger partial charge >= 0.3 is 0 Å². The molecule has 3 N–H and O–H groups in total. The van der Waals surface area contributed by atoms with Crippen molar-refractivity contribution in [2.75, 3.05) is 18.9 Å². The molecule has 4 heteroatoms. The highest BCUT2D eigenvalue weighted by Gasteiger charge is 2.48. The quantitative estimate of drug-likeness (QED) is 0.309. The number of unbranched alkanes of at least 4 members (excludes halogenated alkanes) is 2. The molecule has 0 aromatic heterocycles. The molecule has 29 heavy (non-hydrogen) atoms. The molecule has 4 unspecified atom stereocenters. The van der Waals surface area contributed by atoms with Gasteiger partial charge in [-0.25, -0.2) is 0 Å². The second-order valence-corrected chi connectivity index (χ2v) is 10.8. The Hall–Kier alpha value is -0.290. The van der Waals surface area contributed by atoms with E-state index >= 15 is 0 Å². The molecule has 0 amide bonds. The summed E-state index contributed by atoms with van der Waals surface area (Å²) in [5.74, 6) is 2.48. The molecular weight excluding hydrogens is 378 g/mol. The molecule has 3 rings (SSSR count). The largest absolute Gasteiger partial charge is 0.395 e. The minimum absolute atomic E-state index is 0.107. The Kier molecular flexibility index (Phi) is 9.61. The first-order valence-corrected chi connectivity index (χ1v) is 13.1. The van der Waals surface area contributed by atoms with Crippen molar-refractivity contribution in [2.45, 2.75) is 96.5 Å². The Bertz CT molecular complexity index is 561. The fraction of sp³-hybridized carbons (Fsp3) is 0.840. The lowest BCUT2D eigenvalue weighted by Gasteiger charge is -2.42. The highest BCUT2D eigenvalue weighted by Crippen LogP contribution is 2.58. The summed E-state index contributed by atoms with van der Waals surface area (Å²) < 4.78 is 3.35. The van der Waals surface area contributed by atoms with E-state index in [1.165, 1.54) is 69.8 Å². The van der Waals surface area contributed by atoms with E-state index < -0.39 is 0 Å². The monoisotopic (exact) mass is 421 g/mol. The Balaban J connectivity index is 1.47. The van der Waals surface area contributed by atoms with Crippen molar-refractivity contribution in [3.63, 3.8) is 0 Å². The molecule has 3 aliphatic rings. The molecule has 0 bridgehead atoms. The van der Waals surface area contributed by atoms with Crippen molar-refractivity contribution in [2.24, 2.45) is 17.3 Å². The fourth-order valence-corrected chi connectivity index (χ4v) is 6.75. The third-order valence-corrected chi connectivity index (χ3v) is 8.65. The fourth-order valence-electron chi connectivity index (χ4n) is 6.22. The highest BCUT2D eigenvalue weighted by atomic mass is 32.2. The average Bonchev–Trinajstić information content (AvgIpc) is 3.05. The average molecular weight is 422 g/mol. The summed E-state index contributed by atoms with van der Waals surface area (Å²) in [5, 5.41) is 18.7. The van der Waals surface area contributed by atoms with Crippen molar-refractivity contribution in [3.8, 4) is 0 Å². The van der Waals surface area contributed by atoms with E-state index in [2.05, 4.69) is 23.8 Å². The van der Waals surface area contributed by atoms with Crippen molar-refractivity contribution in [3.05, 3.63) is 23.3 Å². The second-order valence-electron chi connectivity index (χ2n) is 9.82. The molecular formula is C25H43NO2S. The second kappa shape index (κ2) is 11.9. The molecule has 3 fully saturated rings.